The van der Waals surface area contributed by atoms with E-state index < -0.39 is 0 Å². The van der Waals surface area contributed by atoms with Gasteiger partial charge in [-0.1, -0.05) is 6.92 Å². The third-order valence-corrected chi connectivity index (χ3v) is 3.41. The van der Waals surface area contributed by atoms with E-state index in [1.165, 1.54) is 0 Å². The lowest BCUT2D eigenvalue weighted by Crippen LogP contribution is -2.57. The fraction of sp³-hybridized carbons (Fsp3) is 0.900. The van der Waals surface area contributed by atoms with Crippen molar-refractivity contribution < 1.29 is 4.79 Å². The van der Waals surface area contributed by atoms with Crippen LogP contribution in [0.1, 0.15) is 26.7 Å². The van der Waals surface area contributed by atoms with Crippen LogP contribution >= 0.6 is 0 Å². The van der Waals surface area contributed by atoms with Crippen LogP contribution in [0.3, 0.4) is 0 Å². The summed E-state index contributed by atoms with van der Waals surface area (Å²) in [6, 6.07) is -0.0248. The van der Waals surface area contributed by atoms with Crippen LogP contribution in [0.15, 0.2) is 0 Å². The van der Waals surface area contributed by atoms with Crippen LogP contribution in [0.25, 0.3) is 0 Å². The van der Waals surface area contributed by atoms with Crippen LogP contribution in [-0.2, 0) is 4.79 Å². The van der Waals surface area contributed by atoms with Crippen molar-refractivity contribution in [3.05, 3.63) is 0 Å². The SMILES string of the molecule is CCN1CCC2(CC1)NC(=O)C(C)N2. The summed E-state index contributed by atoms with van der Waals surface area (Å²) in [4.78, 5) is 13.8. The number of rotatable bonds is 1. The second-order valence-electron chi connectivity index (χ2n) is 4.37. The zero-order valence-corrected chi connectivity index (χ0v) is 8.97. The normalized spacial score (nSPS) is 32.1. The van der Waals surface area contributed by atoms with Crippen LogP contribution in [0.4, 0.5) is 0 Å². The van der Waals surface area contributed by atoms with E-state index >= 15 is 0 Å². The summed E-state index contributed by atoms with van der Waals surface area (Å²) in [5.74, 6) is 0.148. The quantitative estimate of drug-likeness (QED) is 0.617. The molecule has 0 aromatic carbocycles. The van der Waals surface area contributed by atoms with Gasteiger partial charge in [-0.2, -0.15) is 0 Å². The lowest BCUT2D eigenvalue weighted by Gasteiger charge is -2.39. The number of carbonyl (C=O) groups excluding carboxylic acids is 1. The topological polar surface area (TPSA) is 44.4 Å². The zero-order valence-electron chi connectivity index (χ0n) is 8.97. The Hall–Kier alpha value is -0.610. The highest BCUT2D eigenvalue weighted by Gasteiger charge is 2.42. The predicted molar refractivity (Wildman–Crippen MR) is 54.8 cm³/mol. The van der Waals surface area contributed by atoms with Gasteiger partial charge >= 0.3 is 0 Å². The Morgan fingerprint density at radius 2 is 2.14 bits per heavy atom. The van der Waals surface area contributed by atoms with E-state index in [2.05, 4.69) is 22.5 Å². The van der Waals surface area contributed by atoms with E-state index in [1.54, 1.807) is 0 Å². The third kappa shape index (κ3) is 1.64. The molecule has 2 N–H and O–H groups in total. The first-order valence-electron chi connectivity index (χ1n) is 5.47. The highest BCUT2D eigenvalue weighted by molar-refractivity contribution is 5.84. The summed E-state index contributed by atoms with van der Waals surface area (Å²) in [5, 5.41) is 6.46. The van der Waals surface area contributed by atoms with Gasteiger partial charge in [-0.3, -0.25) is 10.1 Å². The standard InChI is InChI=1S/C10H19N3O/c1-3-13-6-4-10(5-7-13)11-8(2)9(14)12-10/h8,11H,3-7H2,1-2H3,(H,12,14). The molecule has 14 heavy (non-hydrogen) atoms. The molecule has 2 aliphatic rings. The maximum atomic E-state index is 11.4. The molecule has 0 radical (unpaired) electrons. The Morgan fingerprint density at radius 1 is 1.50 bits per heavy atom. The molecule has 2 fully saturated rings. The Bertz CT molecular complexity index is 234. The third-order valence-electron chi connectivity index (χ3n) is 3.41. The highest BCUT2D eigenvalue weighted by Crippen LogP contribution is 2.23. The van der Waals surface area contributed by atoms with Crippen molar-refractivity contribution in [3.63, 3.8) is 0 Å². The van der Waals surface area contributed by atoms with Crippen LogP contribution < -0.4 is 10.6 Å². The molecule has 0 bridgehead atoms. The van der Waals surface area contributed by atoms with Crippen LogP contribution in [0.5, 0.6) is 0 Å². The molecule has 2 rings (SSSR count). The number of nitrogens with zero attached hydrogens (tertiary/aromatic N) is 1. The summed E-state index contributed by atoms with van der Waals surface area (Å²) in [7, 11) is 0. The highest BCUT2D eigenvalue weighted by atomic mass is 16.2. The van der Waals surface area contributed by atoms with E-state index in [-0.39, 0.29) is 17.6 Å². The van der Waals surface area contributed by atoms with Gasteiger partial charge in [-0.05, 0) is 26.3 Å². The van der Waals surface area contributed by atoms with E-state index in [1.807, 2.05) is 6.92 Å². The van der Waals surface area contributed by atoms with Gasteiger partial charge < -0.3 is 10.2 Å². The molecule has 1 amide bonds. The second kappa shape index (κ2) is 3.51. The van der Waals surface area contributed by atoms with E-state index in [9.17, 15) is 4.79 Å². The molecule has 0 aliphatic carbocycles. The molecule has 4 nitrogen and oxygen atoms in total. The average molecular weight is 197 g/mol. The average Bonchev–Trinajstić information content (AvgIpc) is 2.44. The Balaban J connectivity index is 1.97. The molecule has 0 aromatic rings. The first-order valence-corrected chi connectivity index (χ1v) is 5.47. The van der Waals surface area contributed by atoms with Crippen molar-refractivity contribution in [3.8, 4) is 0 Å². The zero-order chi connectivity index (χ0) is 10.2. The van der Waals surface area contributed by atoms with Gasteiger partial charge in [-0.15, -0.1) is 0 Å². The Labute approximate surface area is 85.0 Å². The Kier molecular flexibility index (Phi) is 2.49. The summed E-state index contributed by atoms with van der Waals surface area (Å²) >= 11 is 0. The van der Waals surface area contributed by atoms with Gasteiger partial charge in [0.15, 0.2) is 0 Å². The van der Waals surface area contributed by atoms with Crippen molar-refractivity contribution in [1.82, 2.24) is 15.5 Å². The molecular formula is C10H19N3O. The molecule has 80 valence electrons. The number of nitrogens with one attached hydrogen (secondary N) is 2. The molecule has 1 unspecified atom stereocenters. The van der Waals surface area contributed by atoms with Crippen molar-refractivity contribution in [2.75, 3.05) is 19.6 Å². The van der Waals surface area contributed by atoms with Crippen LogP contribution in [-0.4, -0.2) is 42.1 Å². The van der Waals surface area contributed by atoms with E-state index in [4.69, 9.17) is 0 Å². The molecule has 0 aromatic heterocycles. The first kappa shape index (κ1) is 9.93. The minimum absolute atomic E-state index is 0.0248. The largest absolute Gasteiger partial charge is 0.337 e. The number of carbonyl (C=O) groups is 1. The summed E-state index contributed by atoms with van der Waals surface area (Å²) in [5.41, 5.74) is -0.0951. The number of hydrogen-bond donors (Lipinski definition) is 2. The monoisotopic (exact) mass is 197 g/mol. The first-order chi connectivity index (χ1) is 6.65. The van der Waals surface area contributed by atoms with Gasteiger partial charge in [0.1, 0.15) is 0 Å². The number of piperidine rings is 1. The van der Waals surface area contributed by atoms with Gasteiger partial charge in [0, 0.05) is 13.1 Å². The number of amides is 1. The second-order valence-corrected chi connectivity index (χ2v) is 4.37. The minimum atomic E-state index is -0.0951. The molecular weight excluding hydrogens is 178 g/mol. The van der Waals surface area contributed by atoms with Crippen molar-refractivity contribution in [2.24, 2.45) is 0 Å². The van der Waals surface area contributed by atoms with Crippen molar-refractivity contribution in [2.45, 2.75) is 38.4 Å². The Morgan fingerprint density at radius 3 is 2.57 bits per heavy atom. The summed E-state index contributed by atoms with van der Waals surface area (Å²) in [6.07, 6.45) is 2.05. The van der Waals surface area contributed by atoms with Gasteiger partial charge in [0.2, 0.25) is 5.91 Å². The maximum Gasteiger partial charge on any atom is 0.238 e. The molecule has 0 saturated carbocycles. The molecule has 4 heteroatoms. The number of hydrogen-bond acceptors (Lipinski definition) is 3. The molecule has 2 heterocycles. The lowest BCUT2D eigenvalue weighted by atomic mass is 9.98. The van der Waals surface area contributed by atoms with Gasteiger partial charge in [0.25, 0.3) is 0 Å². The van der Waals surface area contributed by atoms with E-state index in [0.717, 1.165) is 32.5 Å². The predicted octanol–water partition coefficient (Wildman–Crippen LogP) is -0.0937. The molecule has 1 spiro atoms. The van der Waals surface area contributed by atoms with Crippen LogP contribution in [0, 0.1) is 0 Å². The fourth-order valence-corrected chi connectivity index (χ4v) is 2.38. The summed E-state index contributed by atoms with van der Waals surface area (Å²) in [6.45, 7) is 7.38. The summed E-state index contributed by atoms with van der Waals surface area (Å²) < 4.78 is 0. The van der Waals surface area contributed by atoms with Crippen molar-refractivity contribution >= 4 is 5.91 Å². The molecule has 2 aliphatic heterocycles. The number of likely N-dealkylation sites (tertiary alicyclic amines) is 1. The molecule has 1 atom stereocenters. The van der Waals surface area contributed by atoms with Gasteiger partial charge in [0.05, 0.1) is 11.7 Å². The minimum Gasteiger partial charge on any atom is -0.337 e. The van der Waals surface area contributed by atoms with Crippen LogP contribution in [0.2, 0.25) is 0 Å². The fourth-order valence-electron chi connectivity index (χ4n) is 2.38. The smallest absolute Gasteiger partial charge is 0.238 e. The lowest BCUT2D eigenvalue weighted by molar-refractivity contribution is -0.120. The van der Waals surface area contributed by atoms with Gasteiger partial charge in [-0.25, -0.2) is 0 Å². The maximum absolute atomic E-state index is 11.4. The van der Waals surface area contributed by atoms with E-state index in [0.29, 0.717) is 0 Å². The molecule has 2 saturated heterocycles. The van der Waals surface area contributed by atoms with Crippen molar-refractivity contribution in [1.29, 1.82) is 0 Å².